The van der Waals surface area contributed by atoms with E-state index in [-0.39, 0.29) is 24.3 Å². The van der Waals surface area contributed by atoms with Gasteiger partial charge in [0.25, 0.3) is 5.56 Å². The van der Waals surface area contributed by atoms with E-state index in [0.29, 0.717) is 42.0 Å². The predicted molar refractivity (Wildman–Crippen MR) is 154 cm³/mol. The first-order valence-corrected chi connectivity index (χ1v) is 13.9. The van der Waals surface area contributed by atoms with Gasteiger partial charge in [-0.05, 0) is 61.4 Å². The minimum absolute atomic E-state index is 0.162. The molecule has 0 amide bonds. The summed E-state index contributed by atoms with van der Waals surface area (Å²) in [5.41, 5.74) is 2.42. The molecule has 3 aromatic carbocycles. The molecule has 0 saturated carbocycles. The summed E-state index contributed by atoms with van der Waals surface area (Å²) >= 11 is 13.3. The number of benzene rings is 3. The van der Waals surface area contributed by atoms with Crippen LogP contribution in [0.3, 0.4) is 0 Å². The maximum atomic E-state index is 13.8. The maximum absolute atomic E-state index is 13.8. The van der Waals surface area contributed by atoms with Crippen LogP contribution < -0.4 is 19.6 Å². The van der Waals surface area contributed by atoms with Gasteiger partial charge in [0.1, 0.15) is 18.2 Å². The zero-order chi connectivity index (χ0) is 28.4. The molecular weight excluding hydrogens is 574 g/mol. The largest absolute Gasteiger partial charge is 0.488 e. The highest BCUT2D eigenvalue weighted by Crippen LogP contribution is 2.31. The first-order chi connectivity index (χ1) is 19.3. The quantitative estimate of drug-likeness (QED) is 0.252. The Labute approximate surface area is 243 Å². The summed E-state index contributed by atoms with van der Waals surface area (Å²) in [6.07, 6.45) is 1.74. The summed E-state index contributed by atoms with van der Waals surface area (Å²) in [6.45, 7) is 3.81. The number of rotatable bonds is 7. The van der Waals surface area contributed by atoms with Crippen molar-refractivity contribution in [2.24, 2.45) is 4.99 Å². The van der Waals surface area contributed by atoms with Crippen LogP contribution in [0.4, 0.5) is 4.39 Å². The number of aromatic nitrogens is 1. The summed E-state index contributed by atoms with van der Waals surface area (Å²) in [5, 5.41) is 0.895. The number of para-hydroxylation sites is 1. The van der Waals surface area contributed by atoms with Crippen LogP contribution in [-0.2, 0) is 16.1 Å². The zero-order valence-corrected chi connectivity index (χ0v) is 23.8. The van der Waals surface area contributed by atoms with E-state index in [0.717, 1.165) is 5.56 Å². The lowest BCUT2D eigenvalue weighted by Gasteiger charge is -2.24. The van der Waals surface area contributed by atoms with E-state index in [1.54, 1.807) is 44.2 Å². The second-order valence-corrected chi connectivity index (χ2v) is 10.8. The third kappa shape index (κ3) is 5.61. The van der Waals surface area contributed by atoms with Crippen LogP contribution in [0.2, 0.25) is 10.0 Å². The van der Waals surface area contributed by atoms with Crippen LogP contribution in [0.25, 0.3) is 6.08 Å². The van der Waals surface area contributed by atoms with E-state index < -0.39 is 17.8 Å². The van der Waals surface area contributed by atoms with Crippen molar-refractivity contribution in [3.8, 4) is 5.75 Å². The summed E-state index contributed by atoms with van der Waals surface area (Å²) in [6, 6.07) is 17.5. The lowest BCUT2D eigenvalue weighted by molar-refractivity contribution is -0.139. The predicted octanol–water partition coefficient (Wildman–Crippen LogP) is 5.82. The number of nitrogens with zero attached hydrogens (tertiary/aromatic N) is 2. The number of halogens is 3. The van der Waals surface area contributed by atoms with Gasteiger partial charge in [-0.1, -0.05) is 70.9 Å². The molecule has 204 valence electrons. The fraction of sp³-hybridized carbons (Fsp3) is 0.167. The van der Waals surface area contributed by atoms with Crippen molar-refractivity contribution in [3.05, 3.63) is 130 Å². The third-order valence-electron chi connectivity index (χ3n) is 6.29. The number of hydrogen-bond donors (Lipinski definition) is 0. The van der Waals surface area contributed by atoms with Gasteiger partial charge < -0.3 is 9.47 Å². The Morgan fingerprint density at radius 3 is 2.58 bits per heavy atom. The topological polar surface area (TPSA) is 69.9 Å². The highest BCUT2D eigenvalue weighted by molar-refractivity contribution is 7.07. The Morgan fingerprint density at radius 2 is 1.85 bits per heavy atom. The van der Waals surface area contributed by atoms with Gasteiger partial charge in [0.05, 0.1) is 38.5 Å². The number of carbonyl (C=O) groups is 1. The Kier molecular flexibility index (Phi) is 8.21. The molecule has 4 aromatic rings. The Bertz CT molecular complexity index is 1810. The molecule has 0 aliphatic carbocycles. The van der Waals surface area contributed by atoms with Crippen molar-refractivity contribution >= 4 is 46.6 Å². The maximum Gasteiger partial charge on any atom is 0.338 e. The molecule has 0 fully saturated rings. The zero-order valence-electron chi connectivity index (χ0n) is 21.5. The van der Waals surface area contributed by atoms with Crippen molar-refractivity contribution in [2.75, 3.05) is 6.61 Å². The van der Waals surface area contributed by atoms with Crippen molar-refractivity contribution in [1.29, 1.82) is 0 Å². The Balaban J connectivity index is 1.58. The van der Waals surface area contributed by atoms with E-state index in [9.17, 15) is 14.0 Å². The molecule has 0 N–H and O–H groups in total. The van der Waals surface area contributed by atoms with Gasteiger partial charge >= 0.3 is 5.97 Å². The average molecular weight is 597 g/mol. The number of esters is 1. The van der Waals surface area contributed by atoms with E-state index in [2.05, 4.69) is 4.99 Å². The number of ether oxygens (including phenoxy) is 2. The minimum atomic E-state index is -0.820. The van der Waals surface area contributed by atoms with Gasteiger partial charge in [-0.3, -0.25) is 9.36 Å². The number of thiazole rings is 1. The van der Waals surface area contributed by atoms with Gasteiger partial charge in [0.2, 0.25) is 0 Å². The van der Waals surface area contributed by atoms with Crippen LogP contribution in [0.1, 0.15) is 36.6 Å². The SMILES string of the molecule is CCOC(=O)C1=C(C)N=c2sc(=Cc3ccccc3OCc3ccc(Cl)c(Cl)c3)c(=O)n2C1c1ccc(F)cc1. The Hall–Kier alpha value is -3.72. The van der Waals surface area contributed by atoms with Crippen molar-refractivity contribution < 1.29 is 18.7 Å². The molecule has 2 heterocycles. The smallest absolute Gasteiger partial charge is 0.338 e. The molecule has 1 atom stereocenters. The molecule has 1 aromatic heterocycles. The molecule has 5 rings (SSSR count). The lowest BCUT2D eigenvalue weighted by Crippen LogP contribution is -2.39. The van der Waals surface area contributed by atoms with E-state index in [1.165, 1.54) is 28.0 Å². The highest BCUT2D eigenvalue weighted by Gasteiger charge is 2.33. The standard InChI is InChI=1S/C30H23Cl2FN2O4S/c1-3-38-29(37)26-17(2)34-30-35(27(26)19-9-11-21(33)12-10-19)28(36)25(40-30)15-20-6-4-5-7-24(20)39-16-18-8-13-22(31)23(32)14-18/h4-15,27H,3,16H2,1-2H3. The number of allylic oxidation sites excluding steroid dienone is 1. The van der Waals surface area contributed by atoms with Crippen molar-refractivity contribution in [1.82, 2.24) is 4.57 Å². The molecular formula is C30H23Cl2FN2O4S. The number of hydrogen-bond acceptors (Lipinski definition) is 6. The summed E-state index contributed by atoms with van der Waals surface area (Å²) in [7, 11) is 0. The average Bonchev–Trinajstić information content (AvgIpc) is 3.24. The van der Waals surface area contributed by atoms with E-state index in [1.807, 2.05) is 30.3 Å². The normalized spacial score (nSPS) is 15.0. The number of carbonyl (C=O) groups excluding carboxylic acids is 1. The van der Waals surface area contributed by atoms with E-state index >= 15 is 0 Å². The molecule has 1 unspecified atom stereocenters. The highest BCUT2D eigenvalue weighted by atomic mass is 35.5. The first kappa shape index (κ1) is 27.8. The molecule has 6 nitrogen and oxygen atoms in total. The molecule has 0 saturated heterocycles. The lowest BCUT2D eigenvalue weighted by atomic mass is 9.96. The van der Waals surface area contributed by atoms with Gasteiger partial charge in [-0.25, -0.2) is 14.2 Å². The Morgan fingerprint density at radius 1 is 1.10 bits per heavy atom. The fourth-order valence-electron chi connectivity index (χ4n) is 4.41. The number of fused-ring (bicyclic) bond motifs is 1. The van der Waals surface area contributed by atoms with Gasteiger partial charge in [-0.15, -0.1) is 0 Å². The fourth-order valence-corrected chi connectivity index (χ4v) is 5.77. The monoisotopic (exact) mass is 596 g/mol. The van der Waals surface area contributed by atoms with Crippen molar-refractivity contribution in [3.63, 3.8) is 0 Å². The van der Waals surface area contributed by atoms with Gasteiger partial charge in [0.15, 0.2) is 4.80 Å². The van der Waals surface area contributed by atoms with Crippen LogP contribution in [-0.4, -0.2) is 17.1 Å². The second kappa shape index (κ2) is 11.8. The second-order valence-electron chi connectivity index (χ2n) is 8.93. The van der Waals surface area contributed by atoms with Crippen molar-refractivity contribution in [2.45, 2.75) is 26.5 Å². The van der Waals surface area contributed by atoms with E-state index in [4.69, 9.17) is 32.7 Å². The van der Waals surface area contributed by atoms with Gasteiger partial charge in [0, 0.05) is 5.56 Å². The molecule has 0 radical (unpaired) electrons. The molecule has 0 spiro atoms. The molecule has 10 heteroatoms. The summed E-state index contributed by atoms with van der Waals surface area (Å²) in [4.78, 5) is 31.8. The van der Waals surface area contributed by atoms with Gasteiger partial charge in [-0.2, -0.15) is 0 Å². The third-order valence-corrected chi connectivity index (χ3v) is 8.01. The van der Waals surface area contributed by atoms with Crippen LogP contribution in [0.15, 0.2) is 87.8 Å². The summed E-state index contributed by atoms with van der Waals surface area (Å²) < 4.78 is 27.0. The van der Waals surface area contributed by atoms with Crippen LogP contribution >= 0.6 is 34.5 Å². The molecule has 1 aliphatic heterocycles. The summed E-state index contributed by atoms with van der Waals surface area (Å²) in [5.74, 6) is -0.432. The van der Waals surface area contributed by atoms with Crippen LogP contribution in [0, 0.1) is 5.82 Å². The molecule has 1 aliphatic rings. The molecule has 40 heavy (non-hydrogen) atoms. The first-order valence-electron chi connectivity index (χ1n) is 12.4. The van der Waals surface area contributed by atoms with Crippen LogP contribution in [0.5, 0.6) is 5.75 Å². The molecule has 0 bridgehead atoms. The minimum Gasteiger partial charge on any atom is -0.488 e.